The van der Waals surface area contributed by atoms with Crippen molar-refractivity contribution >= 4 is 21.6 Å². The Morgan fingerprint density at radius 3 is 2.58 bits per heavy atom. The van der Waals surface area contributed by atoms with Crippen LogP contribution in [0, 0.1) is 0 Å². The molecule has 24 heavy (non-hydrogen) atoms. The van der Waals surface area contributed by atoms with Crippen LogP contribution < -0.4 is 4.72 Å². The molecule has 0 fully saturated rings. The van der Waals surface area contributed by atoms with E-state index in [9.17, 15) is 8.42 Å². The van der Waals surface area contributed by atoms with Gasteiger partial charge in [-0.05, 0) is 36.2 Å². The highest BCUT2D eigenvalue weighted by molar-refractivity contribution is 7.89. The lowest BCUT2D eigenvalue weighted by atomic mass is 10.2. The number of aromatic nitrogens is 3. The highest BCUT2D eigenvalue weighted by Gasteiger charge is 2.14. The quantitative estimate of drug-likeness (QED) is 0.683. The number of nitrogens with zero attached hydrogens (tertiary/aromatic N) is 3. The van der Waals surface area contributed by atoms with Crippen molar-refractivity contribution in [3.05, 3.63) is 71.8 Å². The second-order valence-corrected chi connectivity index (χ2v) is 7.25. The van der Waals surface area contributed by atoms with Gasteiger partial charge in [0, 0.05) is 18.9 Å². The molecule has 2 heterocycles. The van der Waals surface area contributed by atoms with E-state index in [-0.39, 0.29) is 16.6 Å². The molecule has 6 nitrogen and oxygen atoms in total. The Morgan fingerprint density at radius 2 is 1.88 bits per heavy atom. The van der Waals surface area contributed by atoms with E-state index >= 15 is 0 Å². The molecule has 0 radical (unpaired) electrons. The van der Waals surface area contributed by atoms with Gasteiger partial charge < -0.3 is 0 Å². The van der Waals surface area contributed by atoms with E-state index in [0.29, 0.717) is 6.42 Å². The summed E-state index contributed by atoms with van der Waals surface area (Å²) < 4.78 is 28.6. The molecular formula is C16H15ClN4O2S. The summed E-state index contributed by atoms with van der Waals surface area (Å²) in [5, 5.41) is 4.54. The average molecular weight is 363 g/mol. The molecule has 0 amide bonds. The van der Waals surface area contributed by atoms with E-state index in [0.717, 1.165) is 11.3 Å². The first kappa shape index (κ1) is 16.6. The molecule has 0 aliphatic carbocycles. The number of rotatable bonds is 6. The average Bonchev–Trinajstić information content (AvgIpc) is 3.05. The van der Waals surface area contributed by atoms with Gasteiger partial charge in [0.1, 0.15) is 10.0 Å². The topological polar surface area (TPSA) is 76.9 Å². The molecule has 124 valence electrons. The van der Waals surface area contributed by atoms with Crippen molar-refractivity contribution in [2.24, 2.45) is 0 Å². The van der Waals surface area contributed by atoms with E-state index in [1.54, 1.807) is 10.9 Å². The Bertz CT molecular complexity index is 909. The van der Waals surface area contributed by atoms with Gasteiger partial charge in [0.25, 0.3) is 0 Å². The number of benzene rings is 1. The van der Waals surface area contributed by atoms with Crippen molar-refractivity contribution in [2.45, 2.75) is 11.3 Å². The fourth-order valence-electron chi connectivity index (χ4n) is 2.15. The highest BCUT2D eigenvalue weighted by atomic mass is 35.5. The lowest BCUT2D eigenvalue weighted by Crippen LogP contribution is -2.26. The number of para-hydroxylation sites is 1. The van der Waals surface area contributed by atoms with Gasteiger partial charge in [-0.15, -0.1) is 0 Å². The first-order valence-corrected chi connectivity index (χ1v) is 9.11. The fourth-order valence-corrected chi connectivity index (χ4v) is 3.23. The summed E-state index contributed by atoms with van der Waals surface area (Å²) in [5.74, 6) is 0. The number of hydrogen-bond acceptors (Lipinski definition) is 4. The van der Waals surface area contributed by atoms with Crippen LogP contribution in [0.2, 0.25) is 5.15 Å². The molecule has 3 aromatic rings. The highest BCUT2D eigenvalue weighted by Crippen LogP contribution is 2.11. The summed E-state index contributed by atoms with van der Waals surface area (Å²) in [7, 11) is -3.59. The Hall–Kier alpha value is -2.22. The van der Waals surface area contributed by atoms with E-state index in [4.69, 9.17) is 11.6 Å². The third kappa shape index (κ3) is 4.00. The molecule has 3 rings (SSSR count). The van der Waals surface area contributed by atoms with Gasteiger partial charge >= 0.3 is 0 Å². The molecule has 0 bridgehead atoms. The van der Waals surface area contributed by atoms with Gasteiger partial charge in [-0.3, -0.25) is 0 Å². The van der Waals surface area contributed by atoms with Crippen LogP contribution in [0.1, 0.15) is 5.56 Å². The first-order valence-electron chi connectivity index (χ1n) is 7.25. The van der Waals surface area contributed by atoms with Gasteiger partial charge in [-0.1, -0.05) is 29.8 Å². The van der Waals surface area contributed by atoms with E-state index < -0.39 is 10.0 Å². The summed E-state index contributed by atoms with van der Waals surface area (Å²) in [6, 6.07) is 12.6. The molecule has 0 aliphatic heterocycles. The van der Waals surface area contributed by atoms with Crippen LogP contribution in [0.5, 0.6) is 0 Å². The van der Waals surface area contributed by atoms with Gasteiger partial charge in [0.05, 0.1) is 11.9 Å². The summed E-state index contributed by atoms with van der Waals surface area (Å²) in [5.41, 5.74) is 1.90. The molecule has 8 heteroatoms. The third-order valence-corrected chi connectivity index (χ3v) is 5.04. The van der Waals surface area contributed by atoms with Crippen molar-refractivity contribution in [1.82, 2.24) is 19.5 Å². The SMILES string of the molecule is O=S(=O)(NCCc1cnn(-c2ccccc2)c1)c1ccc(Cl)nc1. The van der Waals surface area contributed by atoms with Crippen LogP contribution in [0.4, 0.5) is 0 Å². The maximum Gasteiger partial charge on any atom is 0.242 e. The molecule has 0 spiro atoms. The lowest BCUT2D eigenvalue weighted by molar-refractivity contribution is 0.581. The molecule has 2 aromatic heterocycles. The van der Waals surface area contributed by atoms with Crippen molar-refractivity contribution in [3.8, 4) is 5.69 Å². The van der Waals surface area contributed by atoms with Crippen LogP contribution in [-0.2, 0) is 16.4 Å². The van der Waals surface area contributed by atoms with Crippen molar-refractivity contribution in [3.63, 3.8) is 0 Å². The van der Waals surface area contributed by atoms with Crippen molar-refractivity contribution < 1.29 is 8.42 Å². The molecule has 0 saturated carbocycles. The van der Waals surface area contributed by atoms with Crippen molar-refractivity contribution in [2.75, 3.05) is 6.54 Å². The number of hydrogen-bond donors (Lipinski definition) is 1. The smallest absolute Gasteiger partial charge is 0.242 e. The van der Waals surface area contributed by atoms with Crippen LogP contribution in [0.3, 0.4) is 0 Å². The number of halogens is 1. The largest absolute Gasteiger partial charge is 0.243 e. The zero-order chi connectivity index (χ0) is 17.0. The summed E-state index contributed by atoms with van der Waals surface area (Å²) in [6.45, 7) is 0.269. The molecular weight excluding hydrogens is 348 g/mol. The monoisotopic (exact) mass is 362 g/mol. The number of pyridine rings is 1. The number of sulfonamides is 1. The second kappa shape index (κ2) is 7.12. The summed E-state index contributed by atoms with van der Waals surface area (Å²) in [6.07, 6.45) is 5.38. The predicted molar refractivity (Wildman–Crippen MR) is 91.7 cm³/mol. The molecule has 1 aromatic carbocycles. The van der Waals surface area contributed by atoms with Crippen molar-refractivity contribution in [1.29, 1.82) is 0 Å². The van der Waals surface area contributed by atoms with E-state index in [1.807, 2.05) is 36.5 Å². The predicted octanol–water partition coefficient (Wildman–Crippen LogP) is 2.44. The van der Waals surface area contributed by atoms with E-state index in [2.05, 4.69) is 14.8 Å². The Labute approximate surface area is 145 Å². The molecule has 0 aliphatic rings. The Kier molecular flexibility index (Phi) is 4.94. The first-order chi connectivity index (χ1) is 11.5. The van der Waals surface area contributed by atoms with Gasteiger partial charge in [-0.25, -0.2) is 22.8 Å². The van der Waals surface area contributed by atoms with E-state index in [1.165, 1.54) is 18.3 Å². The third-order valence-electron chi connectivity index (χ3n) is 3.37. The van der Waals surface area contributed by atoms with Gasteiger partial charge in [0.2, 0.25) is 10.0 Å². The summed E-state index contributed by atoms with van der Waals surface area (Å²) >= 11 is 5.66. The lowest BCUT2D eigenvalue weighted by Gasteiger charge is -2.05. The minimum Gasteiger partial charge on any atom is -0.243 e. The van der Waals surface area contributed by atoms with Gasteiger partial charge in [0.15, 0.2) is 0 Å². The van der Waals surface area contributed by atoms with Crippen LogP contribution in [0.25, 0.3) is 5.69 Å². The van der Waals surface area contributed by atoms with Gasteiger partial charge in [-0.2, -0.15) is 5.10 Å². The van der Waals surface area contributed by atoms with Crippen LogP contribution in [-0.4, -0.2) is 29.7 Å². The molecule has 0 atom stereocenters. The molecule has 1 N–H and O–H groups in total. The maximum atomic E-state index is 12.1. The second-order valence-electron chi connectivity index (χ2n) is 5.09. The fraction of sp³-hybridized carbons (Fsp3) is 0.125. The Morgan fingerprint density at radius 1 is 1.08 bits per heavy atom. The normalized spacial score (nSPS) is 11.5. The maximum absolute atomic E-state index is 12.1. The zero-order valence-corrected chi connectivity index (χ0v) is 14.2. The van der Waals surface area contributed by atoms with Crippen LogP contribution >= 0.6 is 11.6 Å². The minimum atomic E-state index is -3.59. The van der Waals surface area contributed by atoms with Crippen LogP contribution in [0.15, 0.2) is 66.0 Å². The Balaban J connectivity index is 1.60. The molecule has 0 unspecified atom stereocenters. The minimum absolute atomic E-state index is 0.0897. The molecule has 0 saturated heterocycles. The zero-order valence-electron chi connectivity index (χ0n) is 12.6. The summed E-state index contributed by atoms with van der Waals surface area (Å²) in [4.78, 5) is 3.87. The number of nitrogens with one attached hydrogen (secondary N) is 1. The standard InChI is InChI=1S/C16H15ClN4O2S/c17-16-7-6-15(11-18-16)24(22,23)20-9-8-13-10-19-21(12-13)14-4-2-1-3-5-14/h1-7,10-12,20H,8-9H2.